The van der Waals surface area contributed by atoms with Gasteiger partial charge in [0.1, 0.15) is 0 Å². The van der Waals surface area contributed by atoms with Crippen molar-refractivity contribution in [3.05, 3.63) is 0 Å². The van der Waals surface area contributed by atoms with Gasteiger partial charge in [0.15, 0.2) is 0 Å². The van der Waals surface area contributed by atoms with Gasteiger partial charge in [-0.3, -0.25) is 44.6 Å². The van der Waals surface area contributed by atoms with E-state index in [-0.39, 0.29) is 78.6 Å². The van der Waals surface area contributed by atoms with Crippen LogP contribution in [0.2, 0.25) is 0 Å². The summed E-state index contributed by atoms with van der Waals surface area (Å²) in [6.07, 6.45) is 0. The van der Waals surface area contributed by atoms with Crippen molar-refractivity contribution in [2.45, 2.75) is 0 Å². The second kappa shape index (κ2) is 77.9. The molecule has 0 unspecified atom stereocenters. The van der Waals surface area contributed by atoms with Gasteiger partial charge in [0.2, 0.25) is 0 Å². The number of hydrogen-bond donors (Lipinski definition) is 20. The Morgan fingerprint density at radius 2 is 0.163 bits per heavy atom. The predicted molar refractivity (Wildman–Crippen MR) is 109 cm³/mol. The van der Waals surface area contributed by atoms with E-state index >= 15 is 0 Å². The second-order valence-electron chi connectivity index (χ2n) is 2.83. The molecule has 43 heteroatoms. The van der Waals surface area contributed by atoms with Crippen LogP contribution in [-0.4, -0.2) is 188 Å². The average molecular weight is 1050 g/mol. The van der Waals surface area contributed by atoms with Gasteiger partial charge in [0.25, 0.3) is 0 Å². The molecule has 0 fully saturated rings. The van der Waals surface area contributed by atoms with Gasteiger partial charge in [-0.1, -0.05) is 0 Å². The smallest absolute Gasteiger partial charge is 0.511 e. The summed E-state index contributed by atoms with van der Waals surface area (Å²) in [4.78, 5) is 143. The van der Waals surface area contributed by atoms with Crippen LogP contribution in [0, 0.1) is 0 Å². The molecule has 0 heterocycles. The number of hydrogen-bond acceptors (Lipinski definition) is 10. The van der Waals surface area contributed by atoms with Crippen LogP contribution in [0.3, 0.4) is 0 Å². The molecule has 0 aromatic rings. The van der Waals surface area contributed by atoms with Crippen molar-refractivity contribution < 1.29 is 219 Å². The molecule has 0 aromatic heterocycles. The van der Waals surface area contributed by atoms with Crippen molar-refractivity contribution in [3.63, 3.8) is 0 Å². The fourth-order valence-electron chi connectivity index (χ4n) is 0. The van der Waals surface area contributed by atoms with E-state index < -0.39 is 91.7 Å². The first-order chi connectivity index (χ1) is 17.3. The monoisotopic (exact) mass is 1050 g/mol. The maximum Gasteiger partial charge on any atom is 0.761 e. The largest absolute Gasteiger partial charge is 0.761 e. The molecule has 0 spiro atoms. The molecule has 30 nitrogen and oxygen atoms in total. The molecule has 0 atom stereocenters. The van der Waals surface area contributed by atoms with Crippen LogP contribution < -0.4 is 0 Å². The van der Waals surface area contributed by atoms with E-state index in [2.05, 4.69) is 0 Å². The molecular weight excluding hydrogens is 1030 g/mol. The molecule has 20 N–H and O–H groups in total. The average Bonchev–Trinajstić information content (AvgIpc) is 2.47. The summed E-state index contributed by atoms with van der Waals surface area (Å²) in [5.41, 5.74) is 0. The molecule has 0 bridgehead atoms. The summed E-state index contributed by atoms with van der Waals surface area (Å²) in [6, 6.07) is 0. The molecule has 252 valence electrons. The van der Waals surface area contributed by atoms with E-state index in [1.165, 1.54) is 0 Å². The first-order valence-corrected chi connectivity index (χ1v) is 19.5. The molecule has 0 aromatic carbocycles. The van der Waals surface area contributed by atoms with Crippen molar-refractivity contribution in [2.24, 2.45) is 0 Å². The van der Waals surface area contributed by atoms with Crippen LogP contribution >= 0.6 is 0 Å². The molecular formula is H20O30Si10Zr3. The third kappa shape index (κ3) is 44000. The van der Waals surface area contributed by atoms with E-state index in [0.717, 1.165) is 0 Å². The van der Waals surface area contributed by atoms with Crippen LogP contribution in [-0.2, 0) is 123 Å². The van der Waals surface area contributed by atoms with Crippen molar-refractivity contribution in [1.29, 1.82) is 0 Å². The molecule has 0 amide bonds. The molecule has 43 heavy (non-hydrogen) atoms. The second-order valence-corrected chi connectivity index (χ2v) is 8.48. The maximum absolute atomic E-state index is 8.74. The van der Waals surface area contributed by atoms with Crippen LogP contribution in [0.1, 0.15) is 0 Å². The van der Waals surface area contributed by atoms with E-state index in [1.807, 2.05) is 0 Å². The van der Waals surface area contributed by atoms with Crippen LogP contribution in [0.15, 0.2) is 0 Å². The third-order valence-electron chi connectivity index (χ3n) is 0. The standard InChI is InChI=1S/10H2O3Si.3Zr/c10*1-4(2)3;;;/h10*1-2H;;;. The topological polar surface area (TPSA) is 575 Å². The van der Waals surface area contributed by atoms with Crippen LogP contribution in [0.25, 0.3) is 0 Å². The zero-order valence-electron chi connectivity index (χ0n) is 19.5. The van der Waals surface area contributed by atoms with Crippen molar-refractivity contribution in [2.75, 3.05) is 0 Å². The SMILES string of the molecule is O=[Si](O)O.O=[Si](O)O.O=[Si](O)O.O=[Si](O)O.O=[Si](O)O.O=[Si](O)O.O=[Si](O)O.O=[Si](O)O.O=[Si](O)O.O=[Si](O)O.[Zr].[Zr].[Zr]. The van der Waals surface area contributed by atoms with Gasteiger partial charge in [-0.25, -0.2) is 0 Å². The van der Waals surface area contributed by atoms with Crippen LogP contribution in [0.4, 0.5) is 0 Å². The van der Waals surface area contributed by atoms with E-state index in [0.29, 0.717) is 0 Å². The minimum Gasteiger partial charge on any atom is -0.511 e. The van der Waals surface area contributed by atoms with E-state index in [4.69, 9.17) is 141 Å². The first kappa shape index (κ1) is 83.9. The Kier molecular flexibility index (Phi) is 152. The normalized spacial score (nSPS) is 5.58. The first-order valence-electron chi connectivity index (χ1n) is 6.51. The maximum atomic E-state index is 8.74. The predicted octanol–water partition coefficient (Wildman–Crippen LogP) is -16.1. The Morgan fingerprint density at radius 1 is 0.163 bits per heavy atom. The molecule has 0 aliphatic rings. The van der Waals surface area contributed by atoms with Crippen molar-refractivity contribution in [3.8, 4) is 0 Å². The van der Waals surface area contributed by atoms with Gasteiger partial charge in [0, 0.05) is 78.6 Å². The Balaban J connectivity index is -0.0000000210. The zero-order chi connectivity index (χ0) is 35.8. The Labute approximate surface area is 308 Å². The summed E-state index contributed by atoms with van der Waals surface area (Å²) in [7, 11) is -31.3. The third-order valence-corrected chi connectivity index (χ3v) is 0. The molecule has 0 saturated heterocycles. The minimum atomic E-state index is -3.13. The molecule has 0 radical (unpaired) electrons. The molecule has 0 rings (SSSR count). The van der Waals surface area contributed by atoms with Crippen molar-refractivity contribution >= 4 is 91.7 Å². The Morgan fingerprint density at radius 3 is 0.163 bits per heavy atom. The number of rotatable bonds is 0. The summed E-state index contributed by atoms with van der Waals surface area (Å²) in [6.45, 7) is 0. The fraction of sp³-hybridized carbons (Fsp3) is 0. The van der Waals surface area contributed by atoms with Crippen LogP contribution in [0.5, 0.6) is 0 Å². The van der Waals surface area contributed by atoms with Gasteiger partial charge >= 0.3 is 91.7 Å². The van der Waals surface area contributed by atoms with Gasteiger partial charge in [-0.15, -0.1) is 0 Å². The van der Waals surface area contributed by atoms with Gasteiger partial charge in [0.05, 0.1) is 0 Å². The van der Waals surface area contributed by atoms with Gasteiger partial charge < -0.3 is 95.9 Å². The van der Waals surface area contributed by atoms with Gasteiger partial charge in [-0.05, 0) is 0 Å². The summed E-state index contributed by atoms with van der Waals surface area (Å²) in [5, 5.41) is 0. The molecule has 0 saturated carbocycles. The summed E-state index contributed by atoms with van der Waals surface area (Å²) < 4.78 is 87.4. The fourth-order valence-corrected chi connectivity index (χ4v) is 0. The summed E-state index contributed by atoms with van der Waals surface area (Å²) in [5.74, 6) is 0. The van der Waals surface area contributed by atoms with E-state index in [9.17, 15) is 0 Å². The molecule has 0 aliphatic carbocycles. The Bertz CT molecular complexity index is 478. The zero-order valence-corrected chi connectivity index (χ0v) is 36.9. The van der Waals surface area contributed by atoms with Gasteiger partial charge in [-0.2, -0.15) is 0 Å². The quantitative estimate of drug-likeness (QED) is 0.100. The molecule has 0 aliphatic heterocycles. The summed E-state index contributed by atoms with van der Waals surface area (Å²) >= 11 is 0. The van der Waals surface area contributed by atoms with Crippen molar-refractivity contribution in [1.82, 2.24) is 0 Å². The Hall–Kier alpha value is -1.18. The van der Waals surface area contributed by atoms with E-state index in [1.54, 1.807) is 0 Å². The minimum absolute atomic E-state index is 0.